The van der Waals surface area contributed by atoms with E-state index in [0.717, 1.165) is 25.3 Å². The molecule has 2 aliphatic rings. The van der Waals surface area contributed by atoms with Gasteiger partial charge in [-0.05, 0) is 30.5 Å². The van der Waals surface area contributed by atoms with Crippen molar-refractivity contribution < 1.29 is 0 Å². The molecule has 5 rings (SSSR count). The molecule has 0 spiro atoms. The van der Waals surface area contributed by atoms with E-state index < -0.39 is 0 Å². The van der Waals surface area contributed by atoms with Gasteiger partial charge in [-0.15, -0.1) is 0 Å². The number of piperidine rings is 1. The number of hydrogen-bond acceptors (Lipinski definition) is 3. The minimum absolute atomic E-state index is 0.492. The molecule has 5 nitrogen and oxygen atoms in total. The Balaban J connectivity index is 1.77. The lowest BCUT2D eigenvalue weighted by Crippen LogP contribution is -2.36. The topological polar surface area (TPSA) is 67.6 Å². The van der Waals surface area contributed by atoms with Crippen molar-refractivity contribution in [3.05, 3.63) is 30.2 Å². The quantitative estimate of drug-likeness (QED) is 0.636. The number of hydrogen-bond donors (Lipinski definition) is 3. The van der Waals surface area contributed by atoms with Crippen LogP contribution in [-0.2, 0) is 0 Å². The molecular weight excluding hydrogens is 274 g/mol. The molecule has 0 aromatic carbocycles. The maximum atomic E-state index is 4.61. The van der Waals surface area contributed by atoms with Gasteiger partial charge in [-0.3, -0.25) is 0 Å². The third-order valence-electron chi connectivity index (χ3n) is 5.33. The van der Waals surface area contributed by atoms with E-state index in [9.17, 15) is 0 Å². The number of nitrogens with zero attached hydrogens (tertiary/aromatic N) is 2. The number of fused-ring (bicyclic) bond motifs is 3. The van der Waals surface area contributed by atoms with Gasteiger partial charge in [-0.2, -0.15) is 0 Å². The Kier molecular flexibility index (Phi) is 2.63. The summed E-state index contributed by atoms with van der Waals surface area (Å²) in [5.74, 6) is 0.696. The van der Waals surface area contributed by atoms with Gasteiger partial charge < -0.3 is 20.2 Å². The number of rotatable bonds is 2. The van der Waals surface area contributed by atoms with Gasteiger partial charge >= 0.3 is 0 Å². The lowest BCUT2D eigenvalue weighted by molar-refractivity contribution is 0.280. The first-order chi connectivity index (χ1) is 10.8. The van der Waals surface area contributed by atoms with E-state index in [1.54, 1.807) is 0 Å². The first-order valence-corrected chi connectivity index (χ1v) is 8.23. The fourth-order valence-corrected chi connectivity index (χ4v) is 3.93. The predicted octanol–water partition coefficient (Wildman–Crippen LogP) is 2.33. The summed E-state index contributed by atoms with van der Waals surface area (Å²) in [4.78, 5) is 7.96. The molecule has 0 bridgehead atoms. The largest absolute Gasteiger partial charge is 0.346 e. The summed E-state index contributed by atoms with van der Waals surface area (Å²) < 4.78 is 2.48. The van der Waals surface area contributed by atoms with Crippen LogP contribution in [0.2, 0.25) is 0 Å². The Labute approximate surface area is 129 Å². The molecule has 2 fully saturated rings. The molecule has 114 valence electrons. The van der Waals surface area contributed by atoms with Crippen LogP contribution in [-0.4, -0.2) is 34.2 Å². The maximum Gasteiger partial charge on any atom is 0.139 e. The van der Waals surface area contributed by atoms with E-state index >= 15 is 0 Å². The summed E-state index contributed by atoms with van der Waals surface area (Å²) >= 11 is 0. The Morgan fingerprint density at radius 1 is 1.32 bits per heavy atom. The first-order valence-electron chi connectivity index (χ1n) is 8.23. The van der Waals surface area contributed by atoms with E-state index in [1.807, 2.05) is 6.20 Å². The average Bonchev–Trinajstić information content (AvgIpc) is 3.14. The van der Waals surface area contributed by atoms with Gasteiger partial charge in [0.05, 0.1) is 5.52 Å². The summed E-state index contributed by atoms with van der Waals surface area (Å²) in [6.45, 7) is 5.63. The summed E-state index contributed by atoms with van der Waals surface area (Å²) in [6, 6.07) is 3.22. The van der Waals surface area contributed by atoms with Crippen molar-refractivity contribution in [2.75, 3.05) is 19.6 Å². The predicted molar refractivity (Wildman–Crippen MR) is 88.0 cm³/mol. The highest BCUT2D eigenvalue weighted by molar-refractivity contribution is 6.05. The maximum absolute atomic E-state index is 4.61. The van der Waals surface area contributed by atoms with Crippen LogP contribution < -0.4 is 10.6 Å². The highest BCUT2D eigenvalue weighted by Crippen LogP contribution is 2.36. The van der Waals surface area contributed by atoms with Crippen molar-refractivity contribution in [1.29, 1.82) is 0 Å². The molecule has 5 heterocycles. The molecular formula is C17H21N5. The molecule has 0 aliphatic carbocycles. The van der Waals surface area contributed by atoms with Crippen LogP contribution in [0.4, 0.5) is 0 Å². The molecule has 0 radical (unpaired) electrons. The summed E-state index contributed by atoms with van der Waals surface area (Å²) in [7, 11) is 0. The van der Waals surface area contributed by atoms with Crippen LogP contribution in [0.25, 0.3) is 21.9 Å². The third kappa shape index (κ3) is 1.76. The third-order valence-corrected chi connectivity index (χ3v) is 5.33. The van der Waals surface area contributed by atoms with Crippen molar-refractivity contribution in [2.24, 2.45) is 5.92 Å². The molecule has 2 aliphatic heterocycles. The standard InChI is InChI=1S/C17H21N5/c1-10-2-4-18-9-14(10)22-5-3-11-6-20-17-15(16(11)22)12(7-21-17)13-8-19-13/h3,5-7,10,13-14,18-19H,2,4,8-9H2,1H3,(H,20,21)/t10-,13-,14+/m0/s1. The van der Waals surface area contributed by atoms with Crippen LogP contribution in [0.1, 0.15) is 31.0 Å². The number of aromatic amines is 1. The molecule has 0 unspecified atom stereocenters. The van der Waals surface area contributed by atoms with Gasteiger partial charge in [0.25, 0.3) is 0 Å². The monoisotopic (exact) mass is 295 g/mol. The van der Waals surface area contributed by atoms with Crippen LogP contribution in [0.15, 0.2) is 24.7 Å². The number of aromatic nitrogens is 3. The van der Waals surface area contributed by atoms with Gasteiger partial charge in [0.2, 0.25) is 0 Å². The van der Waals surface area contributed by atoms with Gasteiger partial charge in [0.1, 0.15) is 5.65 Å². The molecule has 2 saturated heterocycles. The molecule has 0 amide bonds. The van der Waals surface area contributed by atoms with Crippen molar-refractivity contribution in [3.63, 3.8) is 0 Å². The summed E-state index contributed by atoms with van der Waals surface area (Å²) in [6.07, 6.45) is 7.61. The SMILES string of the molecule is C[C@H]1CCNC[C@H]1n1ccc2cnc3[nH]cc([C@@H]4CN4)c3c21. The molecule has 3 atom stereocenters. The van der Waals surface area contributed by atoms with Gasteiger partial charge in [0, 0.05) is 54.5 Å². The average molecular weight is 295 g/mol. The van der Waals surface area contributed by atoms with Crippen LogP contribution >= 0.6 is 0 Å². The Morgan fingerprint density at radius 2 is 2.23 bits per heavy atom. The van der Waals surface area contributed by atoms with Crippen LogP contribution in [0.5, 0.6) is 0 Å². The lowest BCUT2D eigenvalue weighted by Gasteiger charge is -2.31. The molecule has 22 heavy (non-hydrogen) atoms. The summed E-state index contributed by atoms with van der Waals surface area (Å²) in [5, 5.41) is 9.52. The second kappa shape index (κ2) is 4.57. The van der Waals surface area contributed by atoms with E-state index in [-0.39, 0.29) is 0 Å². The minimum atomic E-state index is 0.492. The normalized spacial score (nSPS) is 28.5. The Bertz CT molecular complexity index is 841. The van der Waals surface area contributed by atoms with Crippen LogP contribution in [0.3, 0.4) is 0 Å². The zero-order valence-corrected chi connectivity index (χ0v) is 12.8. The van der Waals surface area contributed by atoms with Gasteiger partial charge in [-0.1, -0.05) is 6.92 Å². The first kappa shape index (κ1) is 12.7. The Morgan fingerprint density at radius 3 is 3.05 bits per heavy atom. The summed E-state index contributed by atoms with van der Waals surface area (Å²) in [5.41, 5.74) is 3.72. The van der Waals surface area contributed by atoms with E-state index in [2.05, 4.69) is 50.6 Å². The van der Waals surface area contributed by atoms with Gasteiger partial charge in [0.15, 0.2) is 0 Å². The Hall–Kier alpha value is -1.85. The highest BCUT2D eigenvalue weighted by atomic mass is 15.1. The number of nitrogens with one attached hydrogen (secondary N) is 3. The zero-order valence-electron chi connectivity index (χ0n) is 12.8. The fourth-order valence-electron chi connectivity index (χ4n) is 3.93. The van der Waals surface area contributed by atoms with E-state index in [1.165, 1.54) is 28.3 Å². The van der Waals surface area contributed by atoms with E-state index in [4.69, 9.17) is 0 Å². The number of pyridine rings is 1. The van der Waals surface area contributed by atoms with E-state index in [0.29, 0.717) is 18.0 Å². The van der Waals surface area contributed by atoms with Crippen molar-refractivity contribution in [1.82, 2.24) is 25.2 Å². The van der Waals surface area contributed by atoms with Crippen LogP contribution in [0, 0.1) is 5.92 Å². The lowest BCUT2D eigenvalue weighted by atomic mass is 9.94. The smallest absolute Gasteiger partial charge is 0.139 e. The second-order valence-electron chi connectivity index (χ2n) is 6.75. The fraction of sp³-hybridized carbons (Fsp3) is 0.471. The van der Waals surface area contributed by atoms with Crippen molar-refractivity contribution in [2.45, 2.75) is 25.4 Å². The molecule has 0 saturated carbocycles. The zero-order chi connectivity index (χ0) is 14.7. The molecule has 3 aromatic heterocycles. The highest BCUT2D eigenvalue weighted by Gasteiger charge is 2.29. The second-order valence-corrected chi connectivity index (χ2v) is 6.75. The van der Waals surface area contributed by atoms with Crippen molar-refractivity contribution in [3.8, 4) is 0 Å². The molecule has 5 heteroatoms. The minimum Gasteiger partial charge on any atom is -0.346 e. The molecule has 3 aromatic rings. The van der Waals surface area contributed by atoms with Crippen molar-refractivity contribution >= 4 is 21.9 Å². The number of H-pyrrole nitrogens is 1. The molecule has 3 N–H and O–H groups in total. The van der Waals surface area contributed by atoms with Gasteiger partial charge in [-0.25, -0.2) is 4.98 Å².